The molecule has 0 radical (unpaired) electrons. The zero-order valence-corrected chi connectivity index (χ0v) is 9.47. The molecule has 1 heterocycles. The normalized spacial score (nSPS) is 25.1. The van der Waals surface area contributed by atoms with Crippen LogP contribution in [0.2, 0.25) is 0 Å². The summed E-state index contributed by atoms with van der Waals surface area (Å²) >= 11 is 5.88. The fraction of sp³-hybridized carbons (Fsp3) is 0.545. The maximum absolute atomic E-state index is 11.8. The Kier molecular flexibility index (Phi) is 3.00. The van der Waals surface area contributed by atoms with Crippen LogP contribution in [0.3, 0.4) is 0 Å². The lowest BCUT2D eigenvalue weighted by molar-refractivity contribution is -0.118. The highest BCUT2D eigenvalue weighted by Gasteiger charge is 2.23. The molecule has 1 unspecified atom stereocenters. The third-order valence-corrected chi connectivity index (χ3v) is 2.92. The first-order valence-electron chi connectivity index (χ1n) is 5.24. The summed E-state index contributed by atoms with van der Waals surface area (Å²) in [6.07, 6.45) is 6.18. The summed E-state index contributed by atoms with van der Waals surface area (Å²) in [5, 5.41) is 5.87. The van der Waals surface area contributed by atoms with Gasteiger partial charge in [-0.25, -0.2) is 0 Å². The van der Waals surface area contributed by atoms with Crippen molar-refractivity contribution in [2.45, 2.75) is 25.3 Å². The number of allylic oxidation sites excluding steroid dienone is 2. The van der Waals surface area contributed by atoms with Gasteiger partial charge in [0.1, 0.15) is 11.2 Å². The molecule has 15 heavy (non-hydrogen) atoms. The standard InChI is InChI=1S/C11H15ClN2O/c1-7-2-5-9(12)14-10(7)11(15)13-6-8-3-4-8/h2,5,8-9,14H,3-4,6H2,1H3,(H,13,15). The zero-order chi connectivity index (χ0) is 10.8. The molecule has 1 fully saturated rings. The van der Waals surface area contributed by atoms with Gasteiger partial charge in [-0.1, -0.05) is 17.7 Å². The van der Waals surface area contributed by atoms with Crippen LogP contribution in [0.1, 0.15) is 19.8 Å². The average molecular weight is 227 g/mol. The number of rotatable bonds is 3. The van der Waals surface area contributed by atoms with E-state index in [0.717, 1.165) is 12.1 Å². The van der Waals surface area contributed by atoms with E-state index in [4.69, 9.17) is 11.6 Å². The van der Waals surface area contributed by atoms with Crippen molar-refractivity contribution in [3.63, 3.8) is 0 Å². The predicted molar refractivity (Wildman–Crippen MR) is 60.4 cm³/mol. The summed E-state index contributed by atoms with van der Waals surface area (Å²) < 4.78 is 0. The number of carbonyl (C=O) groups is 1. The summed E-state index contributed by atoms with van der Waals surface area (Å²) in [7, 11) is 0. The summed E-state index contributed by atoms with van der Waals surface area (Å²) in [4.78, 5) is 11.8. The Morgan fingerprint density at radius 3 is 3.07 bits per heavy atom. The zero-order valence-electron chi connectivity index (χ0n) is 8.72. The Morgan fingerprint density at radius 1 is 1.67 bits per heavy atom. The van der Waals surface area contributed by atoms with Crippen molar-refractivity contribution in [1.82, 2.24) is 10.6 Å². The lowest BCUT2D eigenvalue weighted by atomic mass is 10.1. The van der Waals surface area contributed by atoms with Crippen LogP contribution in [0.15, 0.2) is 23.4 Å². The molecule has 0 aromatic rings. The van der Waals surface area contributed by atoms with E-state index in [2.05, 4.69) is 10.6 Å². The van der Waals surface area contributed by atoms with E-state index in [1.165, 1.54) is 12.8 Å². The molecule has 0 aromatic heterocycles. The molecule has 2 rings (SSSR count). The third-order valence-electron chi connectivity index (χ3n) is 2.67. The highest BCUT2D eigenvalue weighted by atomic mass is 35.5. The average Bonchev–Trinajstić information content (AvgIpc) is 3.02. The SMILES string of the molecule is CC1=C(C(=O)NCC2CC2)NC(Cl)C=C1. The molecule has 4 heteroatoms. The summed E-state index contributed by atoms with van der Waals surface area (Å²) in [5.74, 6) is 0.648. The molecule has 1 aliphatic carbocycles. The van der Waals surface area contributed by atoms with Crippen LogP contribution in [-0.2, 0) is 4.79 Å². The second-order valence-electron chi connectivity index (χ2n) is 4.12. The molecule has 0 saturated heterocycles. The van der Waals surface area contributed by atoms with E-state index < -0.39 is 0 Å². The van der Waals surface area contributed by atoms with Crippen molar-refractivity contribution in [3.05, 3.63) is 23.4 Å². The molecule has 3 nitrogen and oxygen atoms in total. The number of halogens is 1. The van der Waals surface area contributed by atoms with Gasteiger partial charge in [0.05, 0.1) is 0 Å². The van der Waals surface area contributed by atoms with E-state index in [0.29, 0.717) is 11.6 Å². The lowest BCUT2D eigenvalue weighted by Crippen LogP contribution is -2.37. The molecule has 0 spiro atoms. The number of dihydropyridines is 1. The predicted octanol–water partition coefficient (Wildman–Crippen LogP) is 1.51. The maximum atomic E-state index is 11.8. The third kappa shape index (κ3) is 2.75. The van der Waals surface area contributed by atoms with Crippen LogP contribution in [0.25, 0.3) is 0 Å². The van der Waals surface area contributed by atoms with Crippen LogP contribution in [0.4, 0.5) is 0 Å². The fourth-order valence-electron chi connectivity index (χ4n) is 1.50. The van der Waals surface area contributed by atoms with Gasteiger partial charge in [-0.05, 0) is 37.3 Å². The Bertz CT molecular complexity index is 331. The van der Waals surface area contributed by atoms with Gasteiger partial charge >= 0.3 is 0 Å². The minimum Gasteiger partial charge on any atom is -0.361 e. The molecule has 2 aliphatic rings. The molecule has 82 valence electrons. The van der Waals surface area contributed by atoms with E-state index in [1.807, 2.05) is 19.1 Å². The molecule has 0 bridgehead atoms. The van der Waals surface area contributed by atoms with Gasteiger partial charge in [-0.3, -0.25) is 4.79 Å². The monoisotopic (exact) mass is 226 g/mol. The minimum atomic E-state index is -0.282. The number of amides is 1. The van der Waals surface area contributed by atoms with Crippen molar-refractivity contribution in [2.75, 3.05) is 6.54 Å². The van der Waals surface area contributed by atoms with E-state index in [9.17, 15) is 4.79 Å². The molecule has 0 aromatic carbocycles. The quantitative estimate of drug-likeness (QED) is 0.566. The van der Waals surface area contributed by atoms with Crippen molar-refractivity contribution >= 4 is 17.5 Å². The first kappa shape index (κ1) is 10.6. The van der Waals surface area contributed by atoms with E-state index >= 15 is 0 Å². The maximum Gasteiger partial charge on any atom is 0.267 e. The lowest BCUT2D eigenvalue weighted by Gasteiger charge is -2.19. The topological polar surface area (TPSA) is 41.1 Å². The van der Waals surface area contributed by atoms with Gasteiger partial charge in [-0.2, -0.15) is 0 Å². The molecule has 2 N–H and O–H groups in total. The van der Waals surface area contributed by atoms with Gasteiger partial charge in [0, 0.05) is 6.54 Å². The van der Waals surface area contributed by atoms with Crippen LogP contribution >= 0.6 is 11.6 Å². The van der Waals surface area contributed by atoms with Crippen LogP contribution in [-0.4, -0.2) is 18.0 Å². The van der Waals surface area contributed by atoms with Crippen molar-refractivity contribution < 1.29 is 4.79 Å². The smallest absolute Gasteiger partial charge is 0.267 e. The number of hydrogen-bond donors (Lipinski definition) is 2. The van der Waals surface area contributed by atoms with Gasteiger partial charge in [0.2, 0.25) is 0 Å². The summed E-state index contributed by atoms with van der Waals surface area (Å²) in [5.41, 5.74) is 1.24. The molecule has 1 atom stereocenters. The van der Waals surface area contributed by atoms with Crippen LogP contribution in [0, 0.1) is 5.92 Å². The minimum absolute atomic E-state index is 0.0469. The van der Waals surface area contributed by atoms with Gasteiger partial charge in [-0.15, -0.1) is 0 Å². The molecular formula is C11H15ClN2O. The molecule has 1 aliphatic heterocycles. The van der Waals surface area contributed by atoms with Crippen molar-refractivity contribution in [1.29, 1.82) is 0 Å². The Labute approximate surface area is 94.6 Å². The van der Waals surface area contributed by atoms with Gasteiger partial charge < -0.3 is 10.6 Å². The van der Waals surface area contributed by atoms with Crippen LogP contribution < -0.4 is 10.6 Å². The van der Waals surface area contributed by atoms with E-state index in [-0.39, 0.29) is 11.4 Å². The molecule has 1 amide bonds. The van der Waals surface area contributed by atoms with Crippen molar-refractivity contribution in [3.8, 4) is 0 Å². The molecule has 1 saturated carbocycles. The first-order valence-corrected chi connectivity index (χ1v) is 5.68. The Morgan fingerprint density at radius 2 is 2.40 bits per heavy atom. The second-order valence-corrected chi connectivity index (χ2v) is 4.59. The summed E-state index contributed by atoms with van der Waals surface area (Å²) in [6, 6.07) is 0. The number of hydrogen-bond acceptors (Lipinski definition) is 2. The number of alkyl halides is 1. The second kappa shape index (κ2) is 4.27. The van der Waals surface area contributed by atoms with Crippen molar-refractivity contribution in [2.24, 2.45) is 5.92 Å². The summed E-state index contributed by atoms with van der Waals surface area (Å²) in [6.45, 7) is 2.69. The highest BCUT2D eigenvalue weighted by Crippen LogP contribution is 2.27. The van der Waals surface area contributed by atoms with Gasteiger partial charge in [0.15, 0.2) is 0 Å². The van der Waals surface area contributed by atoms with Gasteiger partial charge in [0.25, 0.3) is 5.91 Å². The number of nitrogens with one attached hydrogen (secondary N) is 2. The largest absolute Gasteiger partial charge is 0.361 e. The first-order chi connectivity index (χ1) is 7.16. The number of carbonyl (C=O) groups excluding carboxylic acids is 1. The fourth-order valence-corrected chi connectivity index (χ4v) is 1.69. The molecular weight excluding hydrogens is 212 g/mol. The van der Waals surface area contributed by atoms with Crippen LogP contribution in [0.5, 0.6) is 0 Å². The Hall–Kier alpha value is -0.960. The van der Waals surface area contributed by atoms with E-state index in [1.54, 1.807) is 0 Å². The highest BCUT2D eigenvalue weighted by molar-refractivity contribution is 6.22. The Balaban J connectivity index is 1.94.